The van der Waals surface area contributed by atoms with Crippen molar-refractivity contribution in [3.8, 4) is 5.95 Å². The van der Waals surface area contributed by atoms with Gasteiger partial charge in [0.2, 0.25) is 16.0 Å². The minimum atomic E-state index is -3.52. The topological polar surface area (TPSA) is 109 Å². The van der Waals surface area contributed by atoms with Crippen molar-refractivity contribution in [1.82, 2.24) is 14.5 Å². The summed E-state index contributed by atoms with van der Waals surface area (Å²) in [6, 6.07) is 5.97. The smallest absolute Gasteiger partial charge is 0.282 e. The van der Waals surface area contributed by atoms with Crippen molar-refractivity contribution in [2.45, 2.75) is 12.8 Å². The van der Waals surface area contributed by atoms with E-state index in [0.29, 0.717) is 22.6 Å². The van der Waals surface area contributed by atoms with Crippen LogP contribution in [-0.4, -0.2) is 54.1 Å². The molecular weight excluding hydrogens is 478 g/mol. The van der Waals surface area contributed by atoms with Crippen molar-refractivity contribution in [2.75, 3.05) is 34.3 Å². The van der Waals surface area contributed by atoms with Gasteiger partial charge in [-0.25, -0.2) is 27.2 Å². The first-order valence-corrected chi connectivity index (χ1v) is 11.9. The number of halogens is 3. The summed E-state index contributed by atoms with van der Waals surface area (Å²) in [5, 5.41) is 2.91. The number of rotatable bonds is 6. The molecule has 1 amide bonds. The average Bonchev–Trinajstić information content (AvgIpc) is 3.06. The molecule has 1 fully saturated rings. The van der Waals surface area contributed by atoms with Crippen molar-refractivity contribution in [2.24, 2.45) is 0 Å². The number of hydrogen-bond donors (Lipinski definition) is 2. The zero-order valence-corrected chi connectivity index (χ0v) is 19.1. The van der Waals surface area contributed by atoms with Crippen LogP contribution in [0.1, 0.15) is 16.1 Å². The molecule has 174 valence electrons. The van der Waals surface area contributed by atoms with Crippen LogP contribution >= 0.6 is 11.6 Å². The SMILES string of the molecule is Cc1cc(C(=O)Nc2cc(Cl)cc(NS(C)(=O)=O)c2)cn1-c1ncc(N2CC(F)(F)C2)cn1. The molecule has 13 heteroatoms. The minimum Gasteiger partial charge on any atom is -0.357 e. The lowest BCUT2D eigenvalue weighted by Gasteiger charge is -2.39. The van der Waals surface area contributed by atoms with Crippen LogP contribution in [-0.2, 0) is 10.0 Å². The number of carbonyl (C=O) groups excluding carboxylic acids is 1. The van der Waals surface area contributed by atoms with E-state index in [1.807, 2.05) is 0 Å². The Morgan fingerprint density at radius 1 is 1.12 bits per heavy atom. The monoisotopic (exact) mass is 496 g/mol. The standard InChI is InChI=1S/C20H19ClF2N6O3S/c1-12-3-13(18(30)26-15-4-14(21)5-16(6-15)27-33(2,31)32)9-29(12)19-24-7-17(8-25-19)28-10-20(22,23)11-28/h3-9,27H,10-11H2,1-2H3,(H,26,30). The Morgan fingerprint density at radius 2 is 1.76 bits per heavy atom. The van der Waals surface area contributed by atoms with E-state index in [0.717, 1.165) is 6.26 Å². The summed E-state index contributed by atoms with van der Waals surface area (Å²) in [6.07, 6.45) is 5.46. The Labute approximate surface area is 193 Å². The normalized spacial score (nSPS) is 15.1. The Balaban J connectivity index is 1.50. The first-order valence-electron chi connectivity index (χ1n) is 9.62. The second-order valence-electron chi connectivity index (χ2n) is 7.75. The van der Waals surface area contributed by atoms with E-state index in [1.54, 1.807) is 17.6 Å². The highest BCUT2D eigenvalue weighted by molar-refractivity contribution is 7.92. The molecule has 0 radical (unpaired) electrons. The summed E-state index contributed by atoms with van der Waals surface area (Å²) < 4.78 is 52.9. The van der Waals surface area contributed by atoms with Gasteiger partial charge in [0, 0.05) is 22.6 Å². The van der Waals surface area contributed by atoms with Crippen LogP contribution < -0.4 is 14.9 Å². The van der Waals surface area contributed by atoms with E-state index in [-0.39, 0.29) is 29.7 Å². The maximum atomic E-state index is 13.1. The molecule has 0 bridgehead atoms. The molecule has 0 aliphatic carbocycles. The first kappa shape index (κ1) is 22.9. The van der Waals surface area contributed by atoms with E-state index in [9.17, 15) is 22.0 Å². The first-order chi connectivity index (χ1) is 15.4. The maximum Gasteiger partial charge on any atom is 0.282 e. The van der Waals surface area contributed by atoms with Crippen LogP contribution in [0.2, 0.25) is 5.02 Å². The molecule has 0 saturated carbocycles. The zero-order valence-electron chi connectivity index (χ0n) is 17.5. The Bertz CT molecular complexity index is 1320. The molecule has 0 atom stereocenters. The van der Waals surface area contributed by atoms with Gasteiger partial charge >= 0.3 is 0 Å². The molecule has 3 heterocycles. The van der Waals surface area contributed by atoms with Crippen LogP contribution in [0.25, 0.3) is 5.95 Å². The highest BCUT2D eigenvalue weighted by Gasteiger charge is 2.44. The van der Waals surface area contributed by atoms with Gasteiger partial charge in [-0.3, -0.25) is 14.1 Å². The van der Waals surface area contributed by atoms with Crippen LogP contribution in [0.4, 0.5) is 25.8 Å². The van der Waals surface area contributed by atoms with Crippen molar-refractivity contribution in [3.05, 3.63) is 59.1 Å². The van der Waals surface area contributed by atoms with Crippen molar-refractivity contribution in [3.63, 3.8) is 0 Å². The van der Waals surface area contributed by atoms with Gasteiger partial charge in [0.1, 0.15) is 0 Å². The number of nitrogens with zero attached hydrogens (tertiary/aromatic N) is 4. The quantitative estimate of drug-likeness (QED) is 0.542. The average molecular weight is 497 g/mol. The van der Waals surface area contributed by atoms with Crippen molar-refractivity contribution in [1.29, 1.82) is 0 Å². The van der Waals surface area contributed by atoms with Gasteiger partial charge in [0.25, 0.3) is 11.8 Å². The molecule has 2 aromatic heterocycles. The fraction of sp³-hybridized carbons (Fsp3) is 0.250. The number of benzene rings is 1. The lowest BCUT2D eigenvalue weighted by molar-refractivity contribution is -0.0263. The van der Waals surface area contributed by atoms with Gasteiger partial charge in [0.05, 0.1) is 48.7 Å². The largest absolute Gasteiger partial charge is 0.357 e. The Hall–Kier alpha value is -3.25. The maximum absolute atomic E-state index is 13.1. The molecule has 1 aromatic carbocycles. The third kappa shape index (κ3) is 5.40. The van der Waals surface area contributed by atoms with Gasteiger partial charge in [-0.1, -0.05) is 11.6 Å². The fourth-order valence-corrected chi connectivity index (χ4v) is 4.13. The number of alkyl halides is 2. The lowest BCUT2D eigenvalue weighted by Crippen LogP contribution is -2.56. The number of anilines is 3. The number of nitrogens with one attached hydrogen (secondary N) is 2. The van der Waals surface area contributed by atoms with Crippen molar-refractivity contribution < 1.29 is 22.0 Å². The van der Waals surface area contributed by atoms with Gasteiger partial charge < -0.3 is 10.2 Å². The molecular formula is C20H19ClF2N6O3S. The Kier molecular flexibility index (Phi) is 5.74. The lowest BCUT2D eigenvalue weighted by atomic mass is 10.1. The summed E-state index contributed by atoms with van der Waals surface area (Å²) in [6.45, 7) is 1.03. The fourth-order valence-electron chi connectivity index (χ4n) is 3.35. The number of carbonyl (C=O) groups is 1. The van der Waals surface area contributed by atoms with Crippen LogP contribution in [0.3, 0.4) is 0 Å². The van der Waals surface area contributed by atoms with Crippen LogP contribution in [0.5, 0.6) is 0 Å². The molecule has 0 unspecified atom stereocenters. The van der Waals surface area contributed by atoms with Gasteiger partial charge in [-0.2, -0.15) is 0 Å². The highest BCUT2D eigenvalue weighted by atomic mass is 35.5. The summed E-state index contributed by atoms with van der Waals surface area (Å²) >= 11 is 6.03. The van der Waals surface area contributed by atoms with Crippen LogP contribution in [0, 0.1) is 6.92 Å². The van der Waals surface area contributed by atoms with E-state index in [2.05, 4.69) is 20.0 Å². The predicted molar refractivity (Wildman–Crippen MR) is 121 cm³/mol. The molecule has 1 aliphatic rings. The second kappa shape index (κ2) is 8.27. The summed E-state index contributed by atoms with van der Waals surface area (Å²) in [5.41, 5.74) is 1.99. The molecule has 9 nitrogen and oxygen atoms in total. The molecule has 1 saturated heterocycles. The molecule has 3 aromatic rings. The Morgan fingerprint density at radius 3 is 2.36 bits per heavy atom. The van der Waals surface area contributed by atoms with Crippen molar-refractivity contribution >= 4 is 44.6 Å². The predicted octanol–water partition coefficient (Wildman–Crippen LogP) is 3.31. The minimum absolute atomic E-state index is 0.211. The zero-order chi connectivity index (χ0) is 24.0. The van der Waals surface area contributed by atoms with E-state index < -0.39 is 21.9 Å². The van der Waals surface area contributed by atoms with Gasteiger partial charge in [-0.05, 0) is 31.2 Å². The molecule has 1 aliphatic heterocycles. The molecule has 33 heavy (non-hydrogen) atoms. The third-order valence-corrected chi connectivity index (χ3v) is 5.61. The molecule has 2 N–H and O–H groups in total. The number of hydrogen-bond acceptors (Lipinski definition) is 6. The van der Waals surface area contributed by atoms with E-state index in [1.165, 1.54) is 41.7 Å². The second-order valence-corrected chi connectivity index (χ2v) is 9.94. The summed E-state index contributed by atoms with van der Waals surface area (Å²) in [4.78, 5) is 22.7. The summed E-state index contributed by atoms with van der Waals surface area (Å²) in [7, 11) is -3.52. The number of aromatic nitrogens is 3. The van der Waals surface area contributed by atoms with E-state index >= 15 is 0 Å². The van der Waals surface area contributed by atoms with Crippen LogP contribution in [0.15, 0.2) is 42.9 Å². The van der Waals surface area contributed by atoms with E-state index in [4.69, 9.17) is 11.6 Å². The number of sulfonamides is 1. The van der Waals surface area contributed by atoms with Gasteiger partial charge in [-0.15, -0.1) is 0 Å². The summed E-state index contributed by atoms with van der Waals surface area (Å²) in [5.74, 6) is -2.86. The van der Waals surface area contributed by atoms with Gasteiger partial charge in [0.15, 0.2) is 0 Å². The third-order valence-electron chi connectivity index (χ3n) is 4.78. The molecule has 4 rings (SSSR count). The highest BCUT2D eigenvalue weighted by Crippen LogP contribution is 2.31. The molecule has 0 spiro atoms. The number of aryl methyl sites for hydroxylation is 1. The number of amides is 1.